The molecule has 3 aromatic rings. The second-order valence-electron chi connectivity index (χ2n) is 7.46. The highest BCUT2D eigenvalue weighted by Gasteiger charge is 2.33. The lowest BCUT2D eigenvalue weighted by Crippen LogP contribution is -2.58. The summed E-state index contributed by atoms with van der Waals surface area (Å²) >= 11 is 6.00. The summed E-state index contributed by atoms with van der Waals surface area (Å²) in [5.41, 5.74) is 1.63. The fraction of sp³-hybridized carbons (Fsp3) is 0.333. The van der Waals surface area contributed by atoms with Crippen molar-refractivity contribution in [2.45, 2.75) is 19.9 Å². The number of halogens is 1. The fourth-order valence-corrected chi connectivity index (χ4v) is 3.87. The average molecular weight is 411 g/mol. The molecule has 8 heteroatoms. The topological polar surface area (TPSA) is 74.2 Å². The van der Waals surface area contributed by atoms with E-state index in [0.717, 1.165) is 22.4 Å². The van der Waals surface area contributed by atoms with Gasteiger partial charge < -0.3 is 15.1 Å². The molecule has 7 nitrogen and oxygen atoms in total. The lowest BCUT2D eigenvalue weighted by molar-refractivity contribution is 0.156. The number of aromatic nitrogens is 3. The SMILES string of the molecule is CC(C)C1CN(c2cncc(Cl)n2)CCN1C(=O)Nc1cccc2ncccc12. The van der Waals surface area contributed by atoms with Crippen LogP contribution in [0.5, 0.6) is 0 Å². The van der Waals surface area contributed by atoms with Crippen molar-refractivity contribution in [3.05, 3.63) is 54.1 Å². The summed E-state index contributed by atoms with van der Waals surface area (Å²) in [6.45, 7) is 6.19. The molecule has 0 radical (unpaired) electrons. The van der Waals surface area contributed by atoms with Crippen LogP contribution in [0.25, 0.3) is 10.9 Å². The van der Waals surface area contributed by atoms with Gasteiger partial charge in [-0.1, -0.05) is 31.5 Å². The van der Waals surface area contributed by atoms with Gasteiger partial charge in [-0.15, -0.1) is 0 Å². The normalized spacial score (nSPS) is 17.0. The summed E-state index contributed by atoms with van der Waals surface area (Å²) in [5, 5.41) is 4.38. The van der Waals surface area contributed by atoms with Crippen molar-refractivity contribution in [3.8, 4) is 0 Å². The Morgan fingerprint density at radius 3 is 2.86 bits per heavy atom. The zero-order valence-electron chi connectivity index (χ0n) is 16.4. The molecule has 4 rings (SSSR count). The predicted octanol–water partition coefficient (Wildman–Crippen LogP) is 4.06. The van der Waals surface area contributed by atoms with Crippen molar-refractivity contribution in [1.29, 1.82) is 0 Å². The van der Waals surface area contributed by atoms with Gasteiger partial charge in [-0.2, -0.15) is 0 Å². The van der Waals surface area contributed by atoms with Crippen molar-refractivity contribution in [3.63, 3.8) is 0 Å². The van der Waals surface area contributed by atoms with Crippen LogP contribution in [0.3, 0.4) is 0 Å². The molecular formula is C21H23ClN6O. The lowest BCUT2D eigenvalue weighted by atomic mass is 10.00. The van der Waals surface area contributed by atoms with Crippen LogP contribution in [0.1, 0.15) is 13.8 Å². The van der Waals surface area contributed by atoms with Crippen LogP contribution in [0.2, 0.25) is 5.15 Å². The molecule has 3 heterocycles. The van der Waals surface area contributed by atoms with E-state index in [2.05, 4.69) is 39.0 Å². The number of carbonyl (C=O) groups excluding carboxylic acids is 1. The first-order chi connectivity index (χ1) is 14.0. The Kier molecular flexibility index (Phi) is 5.49. The number of amides is 2. The summed E-state index contributed by atoms with van der Waals surface area (Å²) in [6, 6.07) is 9.53. The van der Waals surface area contributed by atoms with Gasteiger partial charge in [0, 0.05) is 31.2 Å². The molecule has 0 spiro atoms. The number of pyridine rings is 1. The van der Waals surface area contributed by atoms with Crippen molar-refractivity contribution < 1.29 is 4.79 Å². The Balaban J connectivity index is 1.53. The number of urea groups is 1. The third kappa shape index (κ3) is 4.10. The maximum absolute atomic E-state index is 13.2. The van der Waals surface area contributed by atoms with Gasteiger partial charge in [0.1, 0.15) is 11.0 Å². The van der Waals surface area contributed by atoms with E-state index in [9.17, 15) is 4.79 Å². The van der Waals surface area contributed by atoms with Crippen molar-refractivity contribution in [2.24, 2.45) is 5.92 Å². The quantitative estimate of drug-likeness (QED) is 0.704. The number of anilines is 2. The van der Waals surface area contributed by atoms with E-state index in [1.54, 1.807) is 12.4 Å². The largest absolute Gasteiger partial charge is 0.351 e. The molecule has 0 saturated carbocycles. The minimum absolute atomic E-state index is 0.0395. The monoisotopic (exact) mass is 410 g/mol. The number of piperazine rings is 1. The van der Waals surface area contributed by atoms with Crippen molar-refractivity contribution >= 4 is 40.0 Å². The molecule has 2 aromatic heterocycles. The van der Waals surface area contributed by atoms with Crippen LogP contribution in [0.15, 0.2) is 48.9 Å². The Labute approximate surface area is 174 Å². The number of fused-ring (bicyclic) bond motifs is 1. The molecule has 1 unspecified atom stereocenters. The van der Waals surface area contributed by atoms with Gasteiger partial charge in [0.15, 0.2) is 0 Å². The molecule has 2 amide bonds. The molecule has 1 fully saturated rings. The predicted molar refractivity (Wildman–Crippen MR) is 115 cm³/mol. The summed E-state index contributed by atoms with van der Waals surface area (Å²) in [7, 11) is 0. The molecular weight excluding hydrogens is 388 g/mol. The van der Waals surface area contributed by atoms with Gasteiger partial charge in [-0.25, -0.2) is 9.78 Å². The number of hydrogen-bond donors (Lipinski definition) is 1. The van der Waals surface area contributed by atoms with Crippen molar-refractivity contribution in [2.75, 3.05) is 29.9 Å². The number of carbonyl (C=O) groups is 1. The second kappa shape index (κ2) is 8.21. The van der Waals surface area contributed by atoms with Crippen LogP contribution in [0, 0.1) is 5.92 Å². The van der Waals surface area contributed by atoms with Gasteiger partial charge in [0.05, 0.1) is 29.6 Å². The Morgan fingerprint density at radius 2 is 2.07 bits per heavy atom. The van der Waals surface area contributed by atoms with E-state index in [1.807, 2.05) is 35.2 Å². The van der Waals surface area contributed by atoms with Crippen LogP contribution in [-0.4, -0.2) is 51.6 Å². The summed E-state index contributed by atoms with van der Waals surface area (Å²) in [6.07, 6.45) is 4.98. The van der Waals surface area contributed by atoms with Crippen molar-refractivity contribution in [1.82, 2.24) is 19.9 Å². The highest BCUT2D eigenvalue weighted by molar-refractivity contribution is 6.29. The molecule has 0 aliphatic carbocycles. The number of rotatable bonds is 3. The second-order valence-corrected chi connectivity index (χ2v) is 7.84. The molecule has 1 aliphatic heterocycles. The van der Waals surface area contributed by atoms with Gasteiger partial charge >= 0.3 is 6.03 Å². The Morgan fingerprint density at radius 1 is 1.21 bits per heavy atom. The number of hydrogen-bond acceptors (Lipinski definition) is 5. The van der Waals surface area contributed by atoms with Gasteiger partial charge in [0.2, 0.25) is 0 Å². The maximum atomic E-state index is 13.2. The molecule has 1 N–H and O–H groups in total. The number of nitrogens with zero attached hydrogens (tertiary/aromatic N) is 5. The zero-order chi connectivity index (χ0) is 20.4. The highest BCUT2D eigenvalue weighted by Crippen LogP contribution is 2.25. The van der Waals surface area contributed by atoms with E-state index in [1.165, 1.54) is 6.20 Å². The Bertz CT molecular complexity index is 1020. The molecule has 1 aromatic carbocycles. The van der Waals surface area contributed by atoms with E-state index in [0.29, 0.717) is 24.8 Å². The van der Waals surface area contributed by atoms with E-state index in [4.69, 9.17) is 11.6 Å². The number of benzene rings is 1. The van der Waals surface area contributed by atoms with E-state index >= 15 is 0 Å². The standard InChI is InChI=1S/C21H23ClN6O/c1-14(2)18-13-27(20-12-23-11-19(22)26-20)9-10-28(18)21(29)25-17-7-3-6-16-15(17)5-4-8-24-16/h3-8,11-12,14,18H,9-10,13H2,1-2H3,(H,25,29). The Hall–Kier alpha value is -2.93. The first kappa shape index (κ1) is 19.4. The highest BCUT2D eigenvalue weighted by atomic mass is 35.5. The fourth-order valence-electron chi connectivity index (χ4n) is 3.73. The third-order valence-electron chi connectivity index (χ3n) is 5.25. The molecule has 1 saturated heterocycles. The molecule has 150 valence electrons. The van der Waals surface area contributed by atoms with Crippen LogP contribution in [-0.2, 0) is 0 Å². The van der Waals surface area contributed by atoms with Gasteiger partial charge in [-0.3, -0.25) is 9.97 Å². The molecule has 0 bridgehead atoms. The average Bonchev–Trinajstić information content (AvgIpc) is 2.73. The summed E-state index contributed by atoms with van der Waals surface area (Å²) in [4.78, 5) is 30.1. The van der Waals surface area contributed by atoms with Crippen LogP contribution in [0.4, 0.5) is 16.3 Å². The molecule has 29 heavy (non-hydrogen) atoms. The minimum Gasteiger partial charge on any atom is -0.351 e. The first-order valence-electron chi connectivity index (χ1n) is 9.67. The maximum Gasteiger partial charge on any atom is 0.322 e. The minimum atomic E-state index is -0.100. The third-order valence-corrected chi connectivity index (χ3v) is 5.43. The van der Waals surface area contributed by atoms with Gasteiger partial charge in [-0.05, 0) is 30.2 Å². The van der Waals surface area contributed by atoms with E-state index < -0.39 is 0 Å². The molecule has 1 atom stereocenters. The molecule has 1 aliphatic rings. The van der Waals surface area contributed by atoms with Gasteiger partial charge in [0.25, 0.3) is 0 Å². The van der Waals surface area contributed by atoms with E-state index in [-0.39, 0.29) is 18.0 Å². The smallest absolute Gasteiger partial charge is 0.322 e. The zero-order valence-corrected chi connectivity index (χ0v) is 17.2. The first-order valence-corrected chi connectivity index (χ1v) is 10.0. The van der Waals surface area contributed by atoms with Crippen LogP contribution >= 0.6 is 11.6 Å². The summed E-state index contributed by atoms with van der Waals surface area (Å²) in [5.74, 6) is 1.02. The summed E-state index contributed by atoms with van der Waals surface area (Å²) < 4.78 is 0. The number of nitrogens with one attached hydrogen (secondary N) is 1. The van der Waals surface area contributed by atoms with Crippen LogP contribution < -0.4 is 10.2 Å². The lowest BCUT2D eigenvalue weighted by Gasteiger charge is -2.43.